The monoisotopic (exact) mass is 330 g/mol. The predicted octanol–water partition coefficient (Wildman–Crippen LogP) is 3.55. The van der Waals surface area contributed by atoms with E-state index in [0.29, 0.717) is 22.0 Å². The Kier molecular flexibility index (Phi) is 5.85. The summed E-state index contributed by atoms with van der Waals surface area (Å²) in [5.74, 6) is 0.265. The van der Waals surface area contributed by atoms with Crippen molar-refractivity contribution in [3.05, 3.63) is 59.1 Å². The molecule has 3 N–H and O–H groups in total. The number of rotatable bonds is 4. The normalized spacial score (nSPS) is 12.7. The van der Waals surface area contributed by atoms with Gasteiger partial charge in [0.25, 0.3) is 0 Å². The molecule has 0 spiro atoms. The second-order valence-electron chi connectivity index (χ2n) is 4.54. The van der Waals surface area contributed by atoms with Crippen LogP contribution in [0.2, 0.25) is 5.02 Å². The van der Waals surface area contributed by atoms with Crippen molar-refractivity contribution in [2.45, 2.75) is 6.92 Å². The molecular weight excluding hydrogens is 316 g/mol. The Balaban J connectivity index is 2.17. The molecule has 2 rings (SSSR count). The summed E-state index contributed by atoms with van der Waals surface area (Å²) in [6.07, 6.45) is 1.41. The number of hydrogen-bond donors (Lipinski definition) is 3. The zero-order valence-electron chi connectivity index (χ0n) is 12.3. The molecule has 0 amide bonds. The largest absolute Gasteiger partial charge is 0.507 e. The van der Waals surface area contributed by atoms with Gasteiger partial charge in [-0.15, -0.1) is 0 Å². The van der Waals surface area contributed by atoms with Crippen molar-refractivity contribution in [3.63, 3.8) is 0 Å². The molecule has 6 nitrogen and oxygen atoms in total. The fourth-order valence-electron chi connectivity index (χ4n) is 1.65. The molecule has 118 valence electrons. The molecule has 0 bridgehead atoms. The number of hydrogen-bond acceptors (Lipinski definition) is 5. The molecule has 0 aliphatic rings. The number of aliphatic imine (C=N–C) groups is 1. The first-order valence-electron chi connectivity index (χ1n) is 6.70. The van der Waals surface area contributed by atoms with Crippen LogP contribution in [-0.4, -0.2) is 28.1 Å². The van der Waals surface area contributed by atoms with Crippen LogP contribution in [0.3, 0.4) is 0 Å². The molecule has 0 unspecified atom stereocenters. The Morgan fingerprint density at radius 3 is 2.48 bits per heavy atom. The Hall–Kier alpha value is -2.70. The highest BCUT2D eigenvalue weighted by Crippen LogP contribution is 2.16. The molecule has 2 aromatic carbocycles. The molecule has 0 atom stereocenters. The number of benzene rings is 2. The molecule has 23 heavy (non-hydrogen) atoms. The standard InChI is InChI=1S/C16H15ClN4O2/c1-11(20-18-10-12-4-2-3-5-15(12)22)16(21-23)19-14-8-6-13(17)7-9-14/h2-10,22-23H,1H3,(H,19,21)/b18-10+,20-11+. The van der Waals surface area contributed by atoms with E-state index in [1.54, 1.807) is 55.5 Å². The summed E-state index contributed by atoms with van der Waals surface area (Å²) >= 11 is 5.81. The highest BCUT2D eigenvalue weighted by Gasteiger charge is 2.03. The summed E-state index contributed by atoms with van der Waals surface area (Å²) in [6.45, 7) is 1.64. The van der Waals surface area contributed by atoms with Crippen molar-refractivity contribution >= 4 is 35.1 Å². The maximum absolute atomic E-state index is 9.62. The van der Waals surface area contributed by atoms with Gasteiger partial charge in [-0.1, -0.05) is 23.7 Å². The molecule has 0 saturated carbocycles. The third kappa shape index (κ3) is 4.91. The van der Waals surface area contributed by atoms with Gasteiger partial charge in [0, 0.05) is 10.6 Å². The van der Waals surface area contributed by atoms with Gasteiger partial charge in [-0.05, 0) is 43.3 Å². The first-order valence-corrected chi connectivity index (χ1v) is 7.08. The SMILES string of the molecule is C/C(=N\N=C\c1ccccc1O)C(=Nc1ccc(Cl)cc1)NO. The fourth-order valence-corrected chi connectivity index (χ4v) is 1.78. The van der Waals surface area contributed by atoms with Crippen LogP contribution >= 0.6 is 11.6 Å². The number of phenolic OH excluding ortho intramolecular Hbond substituents is 1. The van der Waals surface area contributed by atoms with Crippen LogP contribution in [0.15, 0.2) is 63.7 Å². The zero-order chi connectivity index (χ0) is 16.7. The van der Waals surface area contributed by atoms with Crippen molar-refractivity contribution in [3.8, 4) is 5.75 Å². The van der Waals surface area contributed by atoms with E-state index in [2.05, 4.69) is 15.2 Å². The molecule has 2 aromatic rings. The summed E-state index contributed by atoms with van der Waals surface area (Å²) in [4.78, 5) is 4.20. The highest BCUT2D eigenvalue weighted by atomic mass is 35.5. The van der Waals surface area contributed by atoms with Crippen LogP contribution in [0.25, 0.3) is 0 Å². The Morgan fingerprint density at radius 1 is 1.13 bits per heavy atom. The summed E-state index contributed by atoms with van der Waals surface area (Å²) in [5.41, 5.74) is 3.50. The average molecular weight is 331 g/mol. The number of nitrogens with one attached hydrogen (secondary N) is 1. The summed E-state index contributed by atoms with van der Waals surface area (Å²) in [7, 11) is 0. The van der Waals surface area contributed by atoms with Gasteiger partial charge < -0.3 is 5.11 Å². The van der Waals surface area contributed by atoms with Crippen molar-refractivity contribution in [2.24, 2.45) is 15.2 Å². The maximum atomic E-state index is 9.62. The summed E-state index contributed by atoms with van der Waals surface area (Å²) < 4.78 is 0. The van der Waals surface area contributed by atoms with E-state index in [9.17, 15) is 10.3 Å². The number of para-hydroxylation sites is 1. The quantitative estimate of drug-likeness (QED) is 0.455. The van der Waals surface area contributed by atoms with Gasteiger partial charge >= 0.3 is 0 Å². The molecule has 0 aromatic heterocycles. The van der Waals surface area contributed by atoms with Crippen molar-refractivity contribution in [1.82, 2.24) is 5.48 Å². The molecular formula is C16H15ClN4O2. The van der Waals surface area contributed by atoms with Crippen LogP contribution in [0.1, 0.15) is 12.5 Å². The molecule has 0 aliphatic heterocycles. The second kappa shape index (κ2) is 8.07. The number of amidine groups is 1. The lowest BCUT2D eigenvalue weighted by Crippen LogP contribution is -2.26. The van der Waals surface area contributed by atoms with E-state index >= 15 is 0 Å². The Labute approximate surface area is 138 Å². The summed E-state index contributed by atoms with van der Waals surface area (Å²) in [5, 5.41) is 27.2. The fraction of sp³-hybridized carbons (Fsp3) is 0.0625. The number of phenols is 1. The molecule has 0 saturated heterocycles. The third-order valence-corrected chi connectivity index (χ3v) is 3.11. The minimum atomic E-state index is 0.111. The van der Waals surface area contributed by atoms with Gasteiger partial charge in [0.15, 0.2) is 5.84 Å². The van der Waals surface area contributed by atoms with Crippen LogP contribution < -0.4 is 5.48 Å². The smallest absolute Gasteiger partial charge is 0.173 e. The Morgan fingerprint density at radius 2 is 1.83 bits per heavy atom. The lowest BCUT2D eigenvalue weighted by Gasteiger charge is -2.03. The van der Waals surface area contributed by atoms with E-state index in [1.807, 2.05) is 5.48 Å². The lowest BCUT2D eigenvalue weighted by atomic mass is 10.2. The molecule has 7 heteroatoms. The molecule has 0 radical (unpaired) electrons. The van der Waals surface area contributed by atoms with Crippen LogP contribution in [0.4, 0.5) is 5.69 Å². The zero-order valence-corrected chi connectivity index (χ0v) is 13.1. The minimum Gasteiger partial charge on any atom is -0.507 e. The topological polar surface area (TPSA) is 89.6 Å². The molecule has 0 fully saturated rings. The number of aromatic hydroxyl groups is 1. The van der Waals surface area contributed by atoms with Gasteiger partial charge in [-0.2, -0.15) is 10.2 Å². The number of halogens is 1. The lowest BCUT2D eigenvalue weighted by molar-refractivity contribution is 0.236. The molecule has 0 heterocycles. The molecule has 0 aliphatic carbocycles. The first-order chi connectivity index (χ1) is 11.1. The van der Waals surface area contributed by atoms with Gasteiger partial charge in [0.05, 0.1) is 11.9 Å². The Bertz CT molecular complexity index is 755. The van der Waals surface area contributed by atoms with Gasteiger partial charge in [-0.3, -0.25) is 10.7 Å². The van der Waals surface area contributed by atoms with E-state index in [1.165, 1.54) is 6.21 Å². The van der Waals surface area contributed by atoms with E-state index in [4.69, 9.17) is 11.6 Å². The second-order valence-corrected chi connectivity index (χ2v) is 4.97. The number of nitrogens with zero attached hydrogens (tertiary/aromatic N) is 3. The van der Waals surface area contributed by atoms with Crippen LogP contribution in [0.5, 0.6) is 5.75 Å². The maximum Gasteiger partial charge on any atom is 0.173 e. The first kappa shape index (κ1) is 16.7. The summed E-state index contributed by atoms with van der Waals surface area (Å²) in [6, 6.07) is 13.6. The van der Waals surface area contributed by atoms with Crippen molar-refractivity contribution < 1.29 is 10.3 Å². The van der Waals surface area contributed by atoms with Crippen LogP contribution in [-0.2, 0) is 0 Å². The predicted molar refractivity (Wildman–Crippen MR) is 92.3 cm³/mol. The van der Waals surface area contributed by atoms with Gasteiger partial charge in [-0.25, -0.2) is 4.99 Å². The number of hydroxylamine groups is 1. The van der Waals surface area contributed by atoms with E-state index < -0.39 is 0 Å². The van der Waals surface area contributed by atoms with E-state index in [-0.39, 0.29) is 11.6 Å². The van der Waals surface area contributed by atoms with E-state index in [0.717, 1.165) is 0 Å². The van der Waals surface area contributed by atoms with Crippen molar-refractivity contribution in [2.75, 3.05) is 0 Å². The van der Waals surface area contributed by atoms with Crippen LogP contribution in [0, 0.1) is 0 Å². The third-order valence-electron chi connectivity index (χ3n) is 2.86. The van der Waals surface area contributed by atoms with Crippen molar-refractivity contribution in [1.29, 1.82) is 0 Å². The van der Waals surface area contributed by atoms with Gasteiger partial charge in [0.2, 0.25) is 0 Å². The minimum absolute atomic E-state index is 0.111. The highest BCUT2D eigenvalue weighted by molar-refractivity contribution is 6.40. The average Bonchev–Trinajstić information content (AvgIpc) is 2.56. The van der Waals surface area contributed by atoms with Gasteiger partial charge in [0.1, 0.15) is 11.5 Å².